The normalized spacial score (nSPS) is 19.0. The van der Waals surface area contributed by atoms with Crippen molar-refractivity contribution in [3.05, 3.63) is 54.5 Å². The van der Waals surface area contributed by atoms with Gasteiger partial charge in [-0.25, -0.2) is 24.5 Å². The van der Waals surface area contributed by atoms with Crippen molar-refractivity contribution in [1.29, 1.82) is 0 Å². The lowest BCUT2D eigenvalue weighted by Crippen LogP contribution is -2.54. The van der Waals surface area contributed by atoms with Crippen molar-refractivity contribution < 1.29 is 0 Å². The van der Waals surface area contributed by atoms with E-state index in [0.717, 1.165) is 52.1 Å². The molecule has 3 atom stereocenters. The van der Waals surface area contributed by atoms with E-state index in [1.165, 1.54) is 0 Å². The number of aryl methyl sites for hydroxylation is 1. The molecule has 1 saturated heterocycles. The average molecular weight is 498 g/mol. The molecule has 5 aromatic heterocycles. The molecule has 6 heterocycles. The summed E-state index contributed by atoms with van der Waals surface area (Å²) in [6.45, 7) is 10.4. The minimum atomic E-state index is -0.216. The van der Waals surface area contributed by atoms with Gasteiger partial charge in [0.25, 0.3) is 0 Å². The van der Waals surface area contributed by atoms with Crippen LogP contribution < -0.4 is 21.3 Å². The molecular weight excluding hydrogens is 466 g/mol. The van der Waals surface area contributed by atoms with Crippen LogP contribution in [0.25, 0.3) is 27.7 Å². The van der Waals surface area contributed by atoms with Crippen molar-refractivity contribution in [2.75, 3.05) is 29.0 Å². The number of pyridine rings is 1. The fraction of sp³-hybridized carbons (Fsp3) is 0.346. The monoisotopic (exact) mass is 497 g/mol. The Morgan fingerprint density at radius 3 is 2.73 bits per heavy atom. The molecule has 5 N–H and O–H groups in total. The lowest BCUT2D eigenvalue weighted by molar-refractivity contribution is 0.405. The number of nitrogens with zero attached hydrogens (tertiary/aromatic N) is 7. The number of aromatic amines is 1. The van der Waals surface area contributed by atoms with Crippen LogP contribution >= 0.6 is 0 Å². The zero-order valence-corrected chi connectivity index (χ0v) is 21.4. The Bertz CT molecular complexity index is 1580. The maximum absolute atomic E-state index is 5.95. The summed E-state index contributed by atoms with van der Waals surface area (Å²) >= 11 is 0. The van der Waals surface area contributed by atoms with Crippen LogP contribution in [0.2, 0.25) is 0 Å². The first-order valence-corrected chi connectivity index (χ1v) is 12.5. The van der Waals surface area contributed by atoms with E-state index in [2.05, 4.69) is 69.2 Å². The third-order valence-corrected chi connectivity index (χ3v) is 6.87. The molecule has 0 aliphatic carbocycles. The predicted molar refractivity (Wildman–Crippen MR) is 146 cm³/mol. The maximum atomic E-state index is 5.95. The molecule has 1 fully saturated rings. The van der Waals surface area contributed by atoms with E-state index in [0.29, 0.717) is 29.5 Å². The van der Waals surface area contributed by atoms with Crippen LogP contribution in [0, 0.1) is 6.92 Å². The molecule has 0 radical (unpaired) electrons. The molecule has 0 aromatic carbocycles. The van der Waals surface area contributed by atoms with Crippen LogP contribution in [0.3, 0.4) is 0 Å². The summed E-state index contributed by atoms with van der Waals surface area (Å²) in [4.78, 5) is 23.8. The molecule has 0 amide bonds. The Kier molecular flexibility index (Phi) is 5.64. The quantitative estimate of drug-likeness (QED) is 0.288. The summed E-state index contributed by atoms with van der Waals surface area (Å²) in [6, 6.07) is 6.38. The molecule has 37 heavy (non-hydrogen) atoms. The third kappa shape index (κ3) is 4.20. The first-order valence-electron chi connectivity index (χ1n) is 12.5. The summed E-state index contributed by atoms with van der Waals surface area (Å²) < 4.78 is 1.94. The molecular formula is C26H31N11. The van der Waals surface area contributed by atoms with E-state index >= 15 is 0 Å². The molecule has 0 unspecified atom stereocenters. The first-order chi connectivity index (χ1) is 17.9. The molecule has 5 aromatic rings. The number of anilines is 3. The van der Waals surface area contributed by atoms with Gasteiger partial charge in [0, 0.05) is 49.3 Å². The average Bonchev–Trinajstić information content (AvgIpc) is 3.47. The number of rotatable bonds is 5. The molecule has 1 aliphatic heterocycles. The van der Waals surface area contributed by atoms with Gasteiger partial charge in [0.1, 0.15) is 29.1 Å². The Labute approximate surface area is 214 Å². The van der Waals surface area contributed by atoms with Crippen molar-refractivity contribution >= 4 is 34.0 Å². The van der Waals surface area contributed by atoms with Crippen LogP contribution in [0.1, 0.15) is 38.2 Å². The molecule has 0 spiro atoms. The van der Waals surface area contributed by atoms with Crippen molar-refractivity contribution in [3.8, 4) is 11.1 Å². The second-order valence-corrected chi connectivity index (χ2v) is 9.94. The fourth-order valence-corrected chi connectivity index (χ4v) is 5.26. The van der Waals surface area contributed by atoms with Crippen molar-refractivity contribution in [2.24, 2.45) is 0 Å². The number of H-pyrrole nitrogens is 1. The molecule has 0 bridgehead atoms. The van der Waals surface area contributed by atoms with Gasteiger partial charge in [-0.3, -0.25) is 0 Å². The maximum Gasteiger partial charge on any atom is 0.173 e. The number of fused-ring (bicyclic) bond motifs is 2. The highest BCUT2D eigenvalue weighted by Gasteiger charge is 2.26. The third-order valence-electron chi connectivity index (χ3n) is 6.87. The van der Waals surface area contributed by atoms with Gasteiger partial charge in [0.15, 0.2) is 11.6 Å². The van der Waals surface area contributed by atoms with Gasteiger partial charge in [-0.2, -0.15) is 5.10 Å². The largest absolute Gasteiger partial charge is 0.384 e. The van der Waals surface area contributed by atoms with E-state index in [4.69, 9.17) is 15.8 Å². The van der Waals surface area contributed by atoms with Gasteiger partial charge < -0.3 is 26.3 Å². The van der Waals surface area contributed by atoms with E-state index in [1.807, 2.05) is 29.0 Å². The van der Waals surface area contributed by atoms with Crippen LogP contribution in [0.5, 0.6) is 0 Å². The highest BCUT2D eigenvalue weighted by molar-refractivity contribution is 6.01. The van der Waals surface area contributed by atoms with Gasteiger partial charge in [-0.15, -0.1) is 0 Å². The number of nitrogens with one attached hydrogen (secondary N) is 3. The smallest absolute Gasteiger partial charge is 0.173 e. The summed E-state index contributed by atoms with van der Waals surface area (Å²) in [6.07, 6.45) is 7.17. The highest BCUT2D eigenvalue weighted by atomic mass is 15.3. The Balaban J connectivity index is 1.40. The number of hydrogen-bond donors (Lipinski definition) is 4. The number of aromatic nitrogens is 7. The molecule has 0 saturated carbocycles. The molecule has 190 valence electrons. The van der Waals surface area contributed by atoms with E-state index in [9.17, 15) is 0 Å². The van der Waals surface area contributed by atoms with Crippen LogP contribution in [-0.4, -0.2) is 59.7 Å². The minimum absolute atomic E-state index is 0.216. The van der Waals surface area contributed by atoms with Gasteiger partial charge in [0.05, 0.1) is 11.4 Å². The Morgan fingerprint density at radius 1 is 1.14 bits per heavy atom. The molecule has 1 aliphatic rings. The standard InChI is InChI=1S/C26H31N11/c1-14-6-8-37-22(14)26(36-11-15(2)32-16(3)12-36)34-23(35-37)17(4)33-25-21-19(10-29-24(21)30-13-31-25)18-5-7-28-20(27)9-18/h5-10,13,15-17,32H,11-12H2,1-4H3,(H2,27,28)(H2,29,30,31,33)/t15-,16+,17-/m0/s1. The van der Waals surface area contributed by atoms with Crippen LogP contribution in [-0.2, 0) is 0 Å². The number of hydrogen-bond acceptors (Lipinski definition) is 9. The van der Waals surface area contributed by atoms with Crippen LogP contribution in [0.15, 0.2) is 43.1 Å². The zero-order valence-electron chi connectivity index (χ0n) is 21.4. The first kappa shape index (κ1) is 23.2. The molecule has 11 nitrogen and oxygen atoms in total. The minimum Gasteiger partial charge on any atom is -0.384 e. The van der Waals surface area contributed by atoms with Gasteiger partial charge in [0.2, 0.25) is 0 Å². The fourth-order valence-electron chi connectivity index (χ4n) is 5.26. The van der Waals surface area contributed by atoms with E-state index < -0.39 is 0 Å². The van der Waals surface area contributed by atoms with Crippen LogP contribution in [0.4, 0.5) is 17.5 Å². The van der Waals surface area contributed by atoms with Gasteiger partial charge in [-0.1, -0.05) is 0 Å². The predicted octanol–water partition coefficient (Wildman–Crippen LogP) is 3.31. The molecule has 11 heteroatoms. The highest BCUT2D eigenvalue weighted by Crippen LogP contribution is 2.34. The van der Waals surface area contributed by atoms with Crippen molar-refractivity contribution in [2.45, 2.75) is 45.8 Å². The second-order valence-electron chi connectivity index (χ2n) is 9.94. The second kappa shape index (κ2) is 9.00. The number of piperazine rings is 1. The molecule has 6 rings (SSSR count). The summed E-state index contributed by atoms with van der Waals surface area (Å²) in [5.74, 6) is 2.81. The van der Waals surface area contributed by atoms with Gasteiger partial charge in [-0.05, 0) is 57.0 Å². The summed E-state index contributed by atoms with van der Waals surface area (Å²) in [7, 11) is 0. The number of nitrogens with two attached hydrogens (primary N) is 1. The van der Waals surface area contributed by atoms with Gasteiger partial charge >= 0.3 is 0 Å². The van der Waals surface area contributed by atoms with Crippen molar-refractivity contribution in [1.82, 2.24) is 39.9 Å². The topological polar surface area (TPSA) is 138 Å². The number of nitrogen functional groups attached to an aromatic ring is 1. The Morgan fingerprint density at radius 2 is 1.95 bits per heavy atom. The Hall–Kier alpha value is -4.25. The van der Waals surface area contributed by atoms with E-state index in [1.54, 1.807) is 12.5 Å². The zero-order chi connectivity index (χ0) is 25.7. The summed E-state index contributed by atoms with van der Waals surface area (Å²) in [5.41, 5.74) is 10.8. The van der Waals surface area contributed by atoms with E-state index in [-0.39, 0.29) is 6.04 Å². The lowest BCUT2D eigenvalue weighted by Gasteiger charge is -2.37. The summed E-state index contributed by atoms with van der Waals surface area (Å²) in [5, 5.41) is 12.9. The lowest BCUT2D eigenvalue weighted by atomic mass is 10.1. The van der Waals surface area contributed by atoms with Crippen molar-refractivity contribution in [3.63, 3.8) is 0 Å². The SMILES string of the molecule is Cc1ccn2nc([C@H](C)Nc3ncnc4[nH]cc(-c5ccnc(N)c5)c34)nc(N3C[C@@H](C)N[C@@H](C)C3)c12.